The van der Waals surface area contributed by atoms with Gasteiger partial charge in [0.2, 0.25) is 0 Å². The van der Waals surface area contributed by atoms with Gasteiger partial charge in [0.1, 0.15) is 5.75 Å². The van der Waals surface area contributed by atoms with Crippen molar-refractivity contribution in [1.29, 1.82) is 0 Å². The predicted octanol–water partition coefficient (Wildman–Crippen LogP) is 6.79. The van der Waals surface area contributed by atoms with E-state index in [4.69, 9.17) is 9.68 Å². The molecule has 0 amide bonds. The monoisotopic (exact) mass is 451 g/mol. The van der Waals surface area contributed by atoms with Gasteiger partial charge in [0.15, 0.2) is 0 Å². The largest absolute Gasteiger partial charge is 0.569 e. The van der Waals surface area contributed by atoms with Gasteiger partial charge >= 0.3 is 7.69 Å². The summed E-state index contributed by atoms with van der Waals surface area (Å²) in [6, 6.07) is 40.0. The van der Waals surface area contributed by atoms with E-state index in [0.29, 0.717) is 13.4 Å². The molecule has 4 nitrogen and oxygen atoms in total. The predicted molar refractivity (Wildman–Crippen MR) is 144 cm³/mol. The molecule has 0 spiro atoms. The normalized spacial score (nSPS) is 11.6. The van der Waals surface area contributed by atoms with Gasteiger partial charge in [-0.3, -0.25) is 0 Å². The molecule has 7 rings (SSSR count). The van der Waals surface area contributed by atoms with Gasteiger partial charge in [0.25, 0.3) is 0 Å². The zero-order chi connectivity index (χ0) is 23.4. The van der Waals surface area contributed by atoms with E-state index in [-0.39, 0.29) is 0 Å². The average molecular weight is 451 g/mol. The second-order valence-corrected chi connectivity index (χ2v) is 8.65. The maximum atomic E-state index is 9.15. The van der Waals surface area contributed by atoms with Crippen LogP contribution in [0.15, 0.2) is 115 Å². The second kappa shape index (κ2) is 7.79. The van der Waals surface area contributed by atoms with Gasteiger partial charge < -0.3 is 18.8 Å². The van der Waals surface area contributed by atoms with Gasteiger partial charge in [-0.1, -0.05) is 60.7 Å². The zero-order valence-electron chi connectivity index (χ0n) is 18.8. The van der Waals surface area contributed by atoms with Gasteiger partial charge in [-0.15, -0.1) is 0 Å². The van der Waals surface area contributed by atoms with Crippen molar-refractivity contribution in [1.82, 2.24) is 9.13 Å². The van der Waals surface area contributed by atoms with Crippen LogP contribution in [-0.2, 0) is 0 Å². The molecule has 1 N–H and O–H groups in total. The van der Waals surface area contributed by atoms with Crippen LogP contribution in [-0.4, -0.2) is 21.8 Å². The van der Waals surface area contributed by atoms with E-state index in [1.165, 1.54) is 27.1 Å². The van der Waals surface area contributed by atoms with Crippen LogP contribution in [0.25, 0.3) is 55.0 Å². The molecular weight excluding hydrogens is 431 g/mol. The molecule has 0 fully saturated rings. The van der Waals surface area contributed by atoms with E-state index in [1.807, 2.05) is 24.3 Å². The SMILES string of the molecule is O[B]Oc1cccc(-n2c3ccccc3c3cc4c5ccccc5n(-c5ccccc5)c4cc32)c1. The lowest BCUT2D eigenvalue weighted by Crippen LogP contribution is -2.01. The topological polar surface area (TPSA) is 39.3 Å². The highest BCUT2D eigenvalue weighted by Gasteiger charge is 2.18. The summed E-state index contributed by atoms with van der Waals surface area (Å²) in [5.74, 6) is 0.579. The molecule has 1 radical (unpaired) electrons. The third-order valence-electron chi connectivity index (χ3n) is 6.75. The number of fused-ring (bicyclic) bond motifs is 6. The van der Waals surface area contributed by atoms with Crippen LogP contribution >= 0.6 is 0 Å². The number of hydrogen-bond acceptors (Lipinski definition) is 2. The van der Waals surface area contributed by atoms with Gasteiger partial charge in [-0.25, -0.2) is 0 Å². The first-order chi connectivity index (χ1) is 17.3. The van der Waals surface area contributed by atoms with E-state index in [1.54, 1.807) is 0 Å². The fourth-order valence-electron chi connectivity index (χ4n) is 5.32. The van der Waals surface area contributed by atoms with Crippen molar-refractivity contribution in [2.75, 3.05) is 0 Å². The molecule has 2 aromatic heterocycles. The van der Waals surface area contributed by atoms with Crippen molar-refractivity contribution in [2.45, 2.75) is 0 Å². The van der Waals surface area contributed by atoms with Crippen molar-refractivity contribution < 1.29 is 9.68 Å². The van der Waals surface area contributed by atoms with Crippen molar-refractivity contribution in [3.8, 4) is 17.1 Å². The minimum atomic E-state index is 0.579. The average Bonchev–Trinajstić information content (AvgIpc) is 3.40. The number of rotatable bonds is 4. The van der Waals surface area contributed by atoms with E-state index in [0.717, 1.165) is 27.9 Å². The quantitative estimate of drug-likeness (QED) is 0.300. The maximum absolute atomic E-state index is 9.15. The lowest BCUT2D eigenvalue weighted by Gasteiger charge is -2.11. The molecule has 0 unspecified atom stereocenters. The molecule has 0 atom stereocenters. The molecule has 0 saturated heterocycles. The molecule has 0 bridgehead atoms. The number of aromatic nitrogens is 2. The zero-order valence-corrected chi connectivity index (χ0v) is 18.8. The summed E-state index contributed by atoms with van der Waals surface area (Å²) in [7, 11) is 0.715. The molecule has 0 aliphatic heterocycles. The van der Waals surface area contributed by atoms with E-state index in [2.05, 4.69) is 100 Å². The smallest absolute Gasteiger partial charge is 0.537 e. The summed E-state index contributed by atoms with van der Waals surface area (Å²) in [5.41, 5.74) is 6.68. The van der Waals surface area contributed by atoms with E-state index >= 15 is 0 Å². The first-order valence-corrected chi connectivity index (χ1v) is 11.6. The van der Waals surface area contributed by atoms with Gasteiger partial charge in [0.05, 0.1) is 22.1 Å². The lowest BCUT2D eigenvalue weighted by molar-refractivity contribution is 0.454. The summed E-state index contributed by atoms with van der Waals surface area (Å²) in [4.78, 5) is 0. The van der Waals surface area contributed by atoms with Crippen LogP contribution in [0.4, 0.5) is 0 Å². The highest BCUT2D eigenvalue weighted by atomic mass is 16.5. The number of benzene rings is 5. The highest BCUT2D eigenvalue weighted by Crippen LogP contribution is 2.39. The van der Waals surface area contributed by atoms with Crippen molar-refractivity contribution in [2.24, 2.45) is 0 Å². The van der Waals surface area contributed by atoms with E-state index in [9.17, 15) is 0 Å². The van der Waals surface area contributed by atoms with Crippen molar-refractivity contribution >= 4 is 51.3 Å². The Balaban J connectivity index is 1.64. The molecule has 165 valence electrons. The van der Waals surface area contributed by atoms with Gasteiger partial charge in [-0.2, -0.15) is 0 Å². The van der Waals surface area contributed by atoms with Crippen LogP contribution in [0, 0.1) is 0 Å². The van der Waals surface area contributed by atoms with Crippen LogP contribution in [0.2, 0.25) is 0 Å². The standard InChI is InChI=1S/C30H20BN2O2/c34-31-35-22-12-8-11-21(17-22)33-28-16-7-5-14-24(28)26-18-25-23-13-4-6-15-27(23)32(29(25)19-30(26)33)20-9-2-1-3-10-20/h1-19,34H. The Bertz CT molecular complexity index is 1870. The third-order valence-corrected chi connectivity index (χ3v) is 6.75. The Morgan fingerprint density at radius 3 is 1.71 bits per heavy atom. The molecule has 5 heteroatoms. The third kappa shape index (κ3) is 2.99. The molecule has 2 heterocycles. The first-order valence-electron chi connectivity index (χ1n) is 11.6. The van der Waals surface area contributed by atoms with Crippen LogP contribution in [0.3, 0.4) is 0 Å². The fraction of sp³-hybridized carbons (Fsp3) is 0. The summed E-state index contributed by atoms with van der Waals surface area (Å²) in [5, 5.41) is 14.0. The molecule has 7 aromatic rings. The Kier molecular flexibility index (Phi) is 4.44. The van der Waals surface area contributed by atoms with Gasteiger partial charge in [-0.05, 0) is 48.5 Å². The molecular formula is C30H20BN2O2. The molecule has 0 aliphatic rings. The first kappa shape index (κ1) is 19.9. The Labute approximate surface area is 202 Å². The molecule has 35 heavy (non-hydrogen) atoms. The van der Waals surface area contributed by atoms with Crippen molar-refractivity contribution in [3.63, 3.8) is 0 Å². The summed E-state index contributed by atoms with van der Waals surface area (Å²) >= 11 is 0. The Morgan fingerprint density at radius 1 is 0.486 bits per heavy atom. The minimum Gasteiger partial charge on any atom is -0.537 e. The summed E-state index contributed by atoms with van der Waals surface area (Å²) in [6.07, 6.45) is 0. The number of hydrogen-bond donors (Lipinski definition) is 1. The Morgan fingerprint density at radius 2 is 1.06 bits per heavy atom. The molecule has 0 saturated carbocycles. The summed E-state index contributed by atoms with van der Waals surface area (Å²) < 4.78 is 9.87. The summed E-state index contributed by atoms with van der Waals surface area (Å²) in [6.45, 7) is 0. The maximum Gasteiger partial charge on any atom is 0.569 e. The van der Waals surface area contributed by atoms with Crippen molar-refractivity contribution in [3.05, 3.63) is 115 Å². The second-order valence-electron chi connectivity index (χ2n) is 8.65. The molecule has 5 aromatic carbocycles. The van der Waals surface area contributed by atoms with E-state index < -0.39 is 0 Å². The van der Waals surface area contributed by atoms with Crippen LogP contribution in [0.5, 0.6) is 5.75 Å². The number of para-hydroxylation sites is 3. The minimum absolute atomic E-state index is 0.579. The number of nitrogens with zero attached hydrogens (tertiary/aromatic N) is 2. The lowest BCUT2D eigenvalue weighted by atomic mass is 10.1. The Hall–Kier alpha value is -4.48. The molecule has 0 aliphatic carbocycles. The fourth-order valence-corrected chi connectivity index (χ4v) is 5.32. The van der Waals surface area contributed by atoms with Crippen LogP contribution < -0.4 is 4.65 Å². The van der Waals surface area contributed by atoms with Crippen LogP contribution in [0.1, 0.15) is 0 Å². The highest BCUT2D eigenvalue weighted by molar-refractivity contribution is 6.19. The van der Waals surface area contributed by atoms with Gasteiger partial charge in [0, 0.05) is 39.0 Å².